The van der Waals surface area contributed by atoms with Crippen LogP contribution in [0.25, 0.3) is 0 Å². The van der Waals surface area contributed by atoms with Crippen molar-refractivity contribution in [1.29, 1.82) is 0 Å². The second-order valence-electron chi connectivity index (χ2n) is 5.00. The first-order valence-corrected chi connectivity index (χ1v) is 7.45. The minimum absolute atomic E-state index is 0.0627. The van der Waals surface area contributed by atoms with Gasteiger partial charge in [0.25, 0.3) is 0 Å². The van der Waals surface area contributed by atoms with Crippen molar-refractivity contribution in [3.8, 4) is 0 Å². The van der Waals surface area contributed by atoms with Crippen molar-refractivity contribution in [2.75, 3.05) is 0 Å². The molecule has 1 N–H and O–H groups in total. The van der Waals surface area contributed by atoms with Gasteiger partial charge in [0.05, 0.1) is 6.42 Å². The molecule has 104 valence electrons. The molecule has 2 nitrogen and oxygen atoms in total. The lowest BCUT2D eigenvalue weighted by molar-refractivity contribution is -0.136. The zero-order valence-corrected chi connectivity index (χ0v) is 12.5. The van der Waals surface area contributed by atoms with Gasteiger partial charge in [-0.2, -0.15) is 0 Å². The zero-order valence-electron chi connectivity index (χ0n) is 11.7. The van der Waals surface area contributed by atoms with Crippen LogP contribution in [0, 0.1) is 0 Å². The van der Waals surface area contributed by atoms with E-state index in [4.69, 9.17) is 5.11 Å². The summed E-state index contributed by atoms with van der Waals surface area (Å²) in [5.41, 5.74) is 2.17. The van der Waals surface area contributed by atoms with E-state index >= 15 is 0 Å². The van der Waals surface area contributed by atoms with Gasteiger partial charge in [0.15, 0.2) is 0 Å². The third-order valence-corrected chi connectivity index (χ3v) is 4.21. The van der Waals surface area contributed by atoms with Crippen LogP contribution in [-0.2, 0) is 11.2 Å². The molecule has 0 fully saturated rings. The maximum atomic E-state index is 10.9. The Morgan fingerprint density at radius 1 is 1.10 bits per heavy atom. The third-order valence-electron chi connectivity index (χ3n) is 3.09. The maximum absolute atomic E-state index is 10.9. The van der Waals surface area contributed by atoms with Crippen LogP contribution in [-0.4, -0.2) is 11.1 Å². The summed E-state index contributed by atoms with van der Waals surface area (Å²) >= 11 is 1.61. The van der Waals surface area contributed by atoms with Crippen molar-refractivity contribution in [2.45, 2.75) is 36.0 Å². The predicted molar refractivity (Wildman–Crippen MR) is 82.4 cm³/mol. The number of carboxylic acids is 1. The SMILES string of the molecule is CC(C)c1ccc(Sc2ccccc2CC(=O)O)cc1. The van der Waals surface area contributed by atoms with Crippen LogP contribution in [0.5, 0.6) is 0 Å². The average molecular weight is 286 g/mol. The first kappa shape index (κ1) is 14.7. The summed E-state index contributed by atoms with van der Waals surface area (Å²) < 4.78 is 0. The fraction of sp³-hybridized carbons (Fsp3) is 0.235. The molecule has 2 aromatic rings. The molecule has 0 saturated heterocycles. The van der Waals surface area contributed by atoms with Crippen molar-refractivity contribution >= 4 is 17.7 Å². The van der Waals surface area contributed by atoms with E-state index in [2.05, 4.69) is 38.1 Å². The molecule has 0 aliphatic rings. The molecule has 0 spiro atoms. The Kier molecular flexibility index (Phi) is 4.85. The third kappa shape index (κ3) is 3.87. The van der Waals surface area contributed by atoms with Crippen LogP contribution in [0.1, 0.15) is 30.9 Å². The molecular weight excluding hydrogens is 268 g/mol. The number of carbonyl (C=O) groups is 1. The molecule has 3 heteroatoms. The van der Waals surface area contributed by atoms with E-state index in [9.17, 15) is 4.79 Å². The minimum Gasteiger partial charge on any atom is -0.481 e. The summed E-state index contributed by atoms with van der Waals surface area (Å²) in [4.78, 5) is 13.0. The van der Waals surface area contributed by atoms with Gasteiger partial charge in [-0.3, -0.25) is 4.79 Å². The van der Waals surface area contributed by atoms with Gasteiger partial charge < -0.3 is 5.11 Å². The molecule has 0 amide bonds. The van der Waals surface area contributed by atoms with E-state index in [-0.39, 0.29) is 6.42 Å². The molecule has 0 aliphatic carbocycles. The summed E-state index contributed by atoms with van der Waals surface area (Å²) in [6, 6.07) is 16.1. The van der Waals surface area contributed by atoms with Gasteiger partial charge in [-0.1, -0.05) is 55.9 Å². The molecule has 0 atom stereocenters. The van der Waals surface area contributed by atoms with Crippen LogP contribution in [0.15, 0.2) is 58.3 Å². The number of rotatable bonds is 5. The van der Waals surface area contributed by atoms with Gasteiger partial charge in [0.2, 0.25) is 0 Å². The van der Waals surface area contributed by atoms with Gasteiger partial charge in [-0.15, -0.1) is 0 Å². The largest absolute Gasteiger partial charge is 0.481 e. The number of hydrogen-bond acceptors (Lipinski definition) is 2. The lowest BCUT2D eigenvalue weighted by Gasteiger charge is -2.09. The first-order chi connectivity index (χ1) is 9.56. The lowest BCUT2D eigenvalue weighted by Crippen LogP contribution is -2.01. The summed E-state index contributed by atoms with van der Waals surface area (Å²) in [7, 11) is 0. The predicted octanol–water partition coefficient (Wildman–Crippen LogP) is 4.59. The highest BCUT2D eigenvalue weighted by molar-refractivity contribution is 7.99. The van der Waals surface area contributed by atoms with Crippen LogP contribution < -0.4 is 0 Å². The number of hydrogen-bond donors (Lipinski definition) is 1. The van der Waals surface area contributed by atoms with Crippen LogP contribution in [0.3, 0.4) is 0 Å². The van der Waals surface area contributed by atoms with E-state index in [1.807, 2.05) is 24.3 Å². The van der Waals surface area contributed by atoms with Crippen LogP contribution in [0.4, 0.5) is 0 Å². The topological polar surface area (TPSA) is 37.3 Å². The molecule has 0 saturated carbocycles. The molecule has 0 aromatic heterocycles. The fourth-order valence-electron chi connectivity index (χ4n) is 1.96. The van der Waals surface area contributed by atoms with Gasteiger partial charge in [-0.05, 0) is 35.2 Å². The molecule has 0 aliphatic heterocycles. The summed E-state index contributed by atoms with van der Waals surface area (Å²) in [5, 5.41) is 8.95. The van der Waals surface area contributed by atoms with Crippen LogP contribution >= 0.6 is 11.8 Å². The number of carboxylic acid groups (broad SMARTS) is 1. The Morgan fingerprint density at radius 2 is 1.75 bits per heavy atom. The molecule has 2 rings (SSSR count). The molecule has 0 radical (unpaired) electrons. The van der Waals surface area contributed by atoms with Crippen molar-refractivity contribution in [3.05, 3.63) is 59.7 Å². The Hall–Kier alpha value is -1.74. The summed E-state index contributed by atoms with van der Waals surface area (Å²) in [5.74, 6) is -0.276. The van der Waals surface area contributed by atoms with Gasteiger partial charge in [0, 0.05) is 9.79 Å². The number of benzene rings is 2. The fourth-order valence-corrected chi connectivity index (χ4v) is 2.90. The zero-order chi connectivity index (χ0) is 14.5. The lowest BCUT2D eigenvalue weighted by atomic mass is 10.0. The molecule has 0 unspecified atom stereocenters. The van der Waals surface area contributed by atoms with Crippen molar-refractivity contribution < 1.29 is 9.90 Å². The van der Waals surface area contributed by atoms with Crippen molar-refractivity contribution in [2.24, 2.45) is 0 Å². The second kappa shape index (κ2) is 6.62. The Morgan fingerprint density at radius 3 is 2.35 bits per heavy atom. The van der Waals surface area contributed by atoms with E-state index < -0.39 is 5.97 Å². The van der Waals surface area contributed by atoms with Gasteiger partial charge in [-0.25, -0.2) is 0 Å². The maximum Gasteiger partial charge on any atom is 0.307 e. The highest BCUT2D eigenvalue weighted by Gasteiger charge is 2.08. The van der Waals surface area contributed by atoms with Crippen LogP contribution in [0.2, 0.25) is 0 Å². The molecule has 20 heavy (non-hydrogen) atoms. The normalized spacial score (nSPS) is 10.8. The summed E-state index contributed by atoms with van der Waals surface area (Å²) in [6.45, 7) is 4.34. The van der Waals surface area contributed by atoms with E-state index in [0.717, 1.165) is 15.4 Å². The number of aliphatic carboxylic acids is 1. The summed E-state index contributed by atoms with van der Waals surface area (Å²) in [6.07, 6.45) is 0.0627. The quantitative estimate of drug-likeness (QED) is 0.873. The first-order valence-electron chi connectivity index (χ1n) is 6.64. The smallest absolute Gasteiger partial charge is 0.307 e. The highest BCUT2D eigenvalue weighted by Crippen LogP contribution is 2.31. The molecular formula is C17H18O2S. The molecule has 0 heterocycles. The van der Waals surface area contributed by atoms with Crippen molar-refractivity contribution in [1.82, 2.24) is 0 Å². The second-order valence-corrected chi connectivity index (χ2v) is 6.12. The van der Waals surface area contributed by atoms with E-state index in [1.165, 1.54) is 5.56 Å². The molecule has 0 bridgehead atoms. The van der Waals surface area contributed by atoms with Gasteiger partial charge in [0.1, 0.15) is 0 Å². The Labute approximate surface area is 123 Å². The minimum atomic E-state index is -0.798. The monoisotopic (exact) mass is 286 g/mol. The standard InChI is InChI=1S/C17H18O2S/c1-12(2)13-7-9-15(10-8-13)20-16-6-4-3-5-14(16)11-17(18)19/h3-10,12H,11H2,1-2H3,(H,18,19). The Bertz CT molecular complexity index is 588. The van der Waals surface area contributed by atoms with E-state index in [1.54, 1.807) is 11.8 Å². The average Bonchev–Trinajstić information content (AvgIpc) is 2.41. The highest BCUT2D eigenvalue weighted by atomic mass is 32.2. The van der Waals surface area contributed by atoms with Gasteiger partial charge >= 0.3 is 5.97 Å². The molecule has 2 aromatic carbocycles. The van der Waals surface area contributed by atoms with E-state index in [0.29, 0.717) is 5.92 Å². The Balaban J connectivity index is 2.19. The van der Waals surface area contributed by atoms with Crippen molar-refractivity contribution in [3.63, 3.8) is 0 Å².